The average molecular weight is 406 g/mol. The van der Waals surface area contributed by atoms with Gasteiger partial charge in [0.25, 0.3) is 0 Å². The summed E-state index contributed by atoms with van der Waals surface area (Å²) < 4.78 is 26.7. The summed E-state index contributed by atoms with van der Waals surface area (Å²) in [4.78, 5) is 17.1. The molecule has 28 heavy (non-hydrogen) atoms. The second kappa shape index (κ2) is 9.20. The van der Waals surface area contributed by atoms with Gasteiger partial charge in [-0.05, 0) is 51.4 Å². The number of carbonyl (C=O) groups is 1. The van der Waals surface area contributed by atoms with Crippen molar-refractivity contribution in [1.82, 2.24) is 14.1 Å². The highest BCUT2D eigenvalue weighted by Crippen LogP contribution is 2.25. The van der Waals surface area contributed by atoms with Crippen LogP contribution in [0.3, 0.4) is 0 Å². The van der Waals surface area contributed by atoms with E-state index in [4.69, 9.17) is 0 Å². The van der Waals surface area contributed by atoms with Gasteiger partial charge in [0.2, 0.25) is 15.9 Å². The molecule has 2 aliphatic heterocycles. The van der Waals surface area contributed by atoms with Crippen LogP contribution < -0.4 is 0 Å². The minimum Gasteiger partial charge on any atom is -0.341 e. The van der Waals surface area contributed by atoms with Crippen LogP contribution in [0.4, 0.5) is 0 Å². The topological polar surface area (TPSA) is 60.9 Å². The third kappa shape index (κ3) is 5.21. The zero-order valence-electron chi connectivity index (χ0n) is 16.8. The molecule has 2 saturated heterocycles. The van der Waals surface area contributed by atoms with Gasteiger partial charge < -0.3 is 9.80 Å². The van der Waals surface area contributed by atoms with Crippen molar-refractivity contribution in [2.24, 2.45) is 5.92 Å². The Hall–Kier alpha value is -1.70. The predicted molar refractivity (Wildman–Crippen MR) is 112 cm³/mol. The third-order valence-corrected chi connectivity index (χ3v) is 7.40. The van der Waals surface area contributed by atoms with Crippen LogP contribution in [0.2, 0.25) is 0 Å². The lowest BCUT2D eigenvalue weighted by atomic mass is 9.94. The van der Waals surface area contributed by atoms with Gasteiger partial charge in [-0.1, -0.05) is 30.3 Å². The van der Waals surface area contributed by atoms with Crippen LogP contribution in [0.25, 0.3) is 6.08 Å². The molecule has 7 heteroatoms. The molecule has 0 bridgehead atoms. The van der Waals surface area contributed by atoms with Crippen molar-refractivity contribution >= 4 is 22.0 Å². The van der Waals surface area contributed by atoms with Crippen LogP contribution in [0.15, 0.2) is 35.7 Å². The Balaban J connectivity index is 1.55. The number of nitrogens with zero attached hydrogens (tertiary/aromatic N) is 3. The fourth-order valence-corrected chi connectivity index (χ4v) is 5.23. The fourth-order valence-electron chi connectivity index (χ4n) is 4.01. The summed E-state index contributed by atoms with van der Waals surface area (Å²) in [7, 11) is 0.667. The largest absolute Gasteiger partial charge is 0.341 e. The number of amides is 1. The molecule has 1 amide bonds. The lowest BCUT2D eigenvalue weighted by Gasteiger charge is -2.39. The van der Waals surface area contributed by atoms with Gasteiger partial charge >= 0.3 is 0 Å². The molecule has 1 aromatic carbocycles. The van der Waals surface area contributed by atoms with Crippen molar-refractivity contribution < 1.29 is 13.2 Å². The Kier molecular flexibility index (Phi) is 6.91. The zero-order chi connectivity index (χ0) is 20.1. The van der Waals surface area contributed by atoms with E-state index in [0.717, 1.165) is 31.5 Å². The zero-order valence-corrected chi connectivity index (χ0v) is 17.6. The van der Waals surface area contributed by atoms with Gasteiger partial charge in [-0.15, -0.1) is 0 Å². The molecule has 154 valence electrons. The van der Waals surface area contributed by atoms with Crippen molar-refractivity contribution in [1.29, 1.82) is 0 Å². The quantitative estimate of drug-likeness (QED) is 0.754. The van der Waals surface area contributed by atoms with Crippen molar-refractivity contribution in [2.45, 2.75) is 31.7 Å². The highest BCUT2D eigenvalue weighted by molar-refractivity contribution is 7.92. The molecule has 3 rings (SSSR count). The first-order valence-electron chi connectivity index (χ1n) is 10.1. The Morgan fingerprint density at radius 1 is 1.07 bits per heavy atom. The molecule has 2 fully saturated rings. The number of piperidine rings is 2. The molecule has 1 unspecified atom stereocenters. The van der Waals surface area contributed by atoms with Crippen LogP contribution in [0.1, 0.15) is 31.2 Å². The highest BCUT2D eigenvalue weighted by atomic mass is 32.2. The summed E-state index contributed by atoms with van der Waals surface area (Å²) in [5.74, 6) is 0.133. The highest BCUT2D eigenvalue weighted by Gasteiger charge is 2.34. The first-order valence-corrected chi connectivity index (χ1v) is 11.6. The number of rotatable bonds is 5. The summed E-state index contributed by atoms with van der Waals surface area (Å²) >= 11 is 0. The number of hydrogen-bond donors (Lipinski definition) is 0. The van der Waals surface area contributed by atoms with Crippen molar-refractivity contribution in [3.8, 4) is 0 Å². The molecule has 0 N–H and O–H groups in total. The van der Waals surface area contributed by atoms with Crippen LogP contribution in [-0.4, -0.2) is 74.7 Å². The number of likely N-dealkylation sites (N-methyl/N-ethyl adjacent to an activating group) is 1. The molecule has 1 atom stereocenters. The maximum Gasteiger partial charge on any atom is 0.236 e. The van der Waals surface area contributed by atoms with Crippen LogP contribution >= 0.6 is 0 Å². The van der Waals surface area contributed by atoms with E-state index in [2.05, 4.69) is 19.0 Å². The smallest absolute Gasteiger partial charge is 0.236 e. The summed E-state index contributed by atoms with van der Waals surface area (Å²) in [6.45, 7) is 2.41. The Morgan fingerprint density at radius 2 is 1.75 bits per heavy atom. The second-order valence-electron chi connectivity index (χ2n) is 7.98. The molecule has 2 heterocycles. The van der Waals surface area contributed by atoms with E-state index < -0.39 is 10.0 Å². The summed E-state index contributed by atoms with van der Waals surface area (Å²) in [5.41, 5.74) is 0.858. The van der Waals surface area contributed by atoms with Crippen molar-refractivity contribution in [3.05, 3.63) is 41.3 Å². The lowest BCUT2D eigenvalue weighted by molar-refractivity contribution is -0.138. The molecular formula is C21H31N3O3S. The van der Waals surface area contributed by atoms with E-state index in [-0.39, 0.29) is 11.8 Å². The first kappa shape index (κ1) is 21.0. The van der Waals surface area contributed by atoms with E-state index in [0.29, 0.717) is 32.0 Å². The lowest BCUT2D eigenvalue weighted by Crippen LogP contribution is -2.50. The predicted octanol–water partition coefficient (Wildman–Crippen LogP) is 2.25. The van der Waals surface area contributed by atoms with Gasteiger partial charge in [-0.2, -0.15) is 4.31 Å². The maximum absolute atomic E-state index is 12.9. The molecule has 0 spiro atoms. The number of benzene rings is 1. The summed E-state index contributed by atoms with van der Waals surface area (Å²) in [5, 5.41) is 1.27. The number of carbonyl (C=O) groups excluding carboxylic acids is 1. The third-order valence-electron chi connectivity index (χ3n) is 5.83. The van der Waals surface area contributed by atoms with Crippen LogP contribution in [-0.2, 0) is 14.8 Å². The van der Waals surface area contributed by atoms with Gasteiger partial charge in [0.1, 0.15) is 0 Å². The second-order valence-corrected chi connectivity index (χ2v) is 9.79. The van der Waals surface area contributed by atoms with Gasteiger partial charge in [-0.25, -0.2) is 8.42 Å². The number of likely N-dealkylation sites (tertiary alicyclic amines) is 1. The van der Waals surface area contributed by atoms with Crippen LogP contribution in [0, 0.1) is 5.92 Å². The first-order chi connectivity index (χ1) is 13.4. The van der Waals surface area contributed by atoms with E-state index in [1.807, 2.05) is 35.2 Å². The van der Waals surface area contributed by atoms with Crippen molar-refractivity contribution in [2.75, 3.05) is 40.3 Å². The minimum atomic E-state index is -3.45. The normalized spacial score (nSPS) is 22.8. The minimum absolute atomic E-state index is 0.0644. The number of hydrogen-bond acceptors (Lipinski definition) is 4. The molecule has 2 aliphatic rings. The van der Waals surface area contributed by atoms with Gasteiger partial charge in [0, 0.05) is 43.5 Å². The molecular weight excluding hydrogens is 374 g/mol. The molecule has 0 aliphatic carbocycles. The number of sulfonamides is 1. The van der Waals surface area contributed by atoms with E-state index in [1.165, 1.54) is 9.71 Å². The van der Waals surface area contributed by atoms with Gasteiger partial charge in [0.15, 0.2) is 0 Å². The Bertz CT molecular complexity index is 784. The van der Waals surface area contributed by atoms with E-state index in [1.54, 1.807) is 6.08 Å². The van der Waals surface area contributed by atoms with Gasteiger partial charge in [-0.3, -0.25) is 4.79 Å². The summed E-state index contributed by atoms with van der Waals surface area (Å²) in [6, 6.07) is 9.82. The molecule has 0 saturated carbocycles. The summed E-state index contributed by atoms with van der Waals surface area (Å²) in [6.07, 6.45) is 4.98. The molecule has 6 nitrogen and oxygen atoms in total. The van der Waals surface area contributed by atoms with E-state index in [9.17, 15) is 13.2 Å². The molecule has 1 aromatic rings. The van der Waals surface area contributed by atoms with Crippen molar-refractivity contribution in [3.63, 3.8) is 0 Å². The Labute approximate surface area is 168 Å². The fraction of sp³-hybridized carbons (Fsp3) is 0.571. The monoisotopic (exact) mass is 405 g/mol. The Morgan fingerprint density at radius 3 is 2.39 bits per heavy atom. The standard InChI is InChI=1S/C21H31N3O3S/c1-22(2)20-9-6-13-23(17-20)21(25)19-10-14-24(15-11-19)28(26,27)16-12-18-7-4-3-5-8-18/h3-5,7-8,12,16,19-20H,6,9-11,13-15,17H2,1-2H3/b16-12+. The average Bonchev–Trinajstić information content (AvgIpc) is 2.73. The van der Waals surface area contributed by atoms with Crippen LogP contribution in [0.5, 0.6) is 0 Å². The molecule has 0 radical (unpaired) electrons. The van der Waals surface area contributed by atoms with E-state index >= 15 is 0 Å². The van der Waals surface area contributed by atoms with Gasteiger partial charge in [0.05, 0.1) is 0 Å². The SMILES string of the molecule is CN(C)C1CCCN(C(=O)C2CCN(S(=O)(=O)/C=C/c3ccccc3)CC2)C1. The molecule has 0 aromatic heterocycles. The maximum atomic E-state index is 12.9.